The Bertz CT molecular complexity index is 599. The molecule has 9 heteroatoms. The molecule has 0 aromatic heterocycles. The van der Waals surface area contributed by atoms with E-state index in [0.717, 1.165) is 68.6 Å². The van der Waals surface area contributed by atoms with Crippen LogP contribution in [0.5, 0.6) is 17.2 Å². The van der Waals surface area contributed by atoms with E-state index in [4.69, 9.17) is 23.7 Å². The average Bonchev–Trinajstić information content (AvgIpc) is 3.25. The van der Waals surface area contributed by atoms with Gasteiger partial charge in [-0.2, -0.15) is 0 Å². The van der Waals surface area contributed by atoms with Crippen molar-refractivity contribution in [1.82, 2.24) is 10.6 Å². The highest BCUT2D eigenvalue weighted by Crippen LogP contribution is 2.34. The summed E-state index contributed by atoms with van der Waals surface area (Å²) in [5.74, 6) is 2.95. The lowest BCUT2D eigenvalue weighted by Crippen LogP contribution is -2.39. The number of hydrogen-bond acceptors (Lipinski definition) is 6. The molecule has 1 aliphatic rings. The molecule has 1 unspecified atom stereocenters. The Balaban J connectivity index is 0.00000420. The number of halogens is 1. The number of benzene rings is 1. The summed E-state index contributed by atoms with van der Waals surface area (Å²) >= 11 is 0. The van der Waals surface area contributed by atoms with Crippen LogP contribution in [0.4, 0.5) is 0 Å². The summed E-state index contributed by atoms with van der Waals surface area (Å²) in [7, 11) is 6.67. The molecule has 1 aromatic carbocycles. The smallest absolute Gasteiger partial charge is 0.190 e. The number of hydrogen-bond donors (Lipinski definition) is 2. The van der Waals surface area contributed by atoms with Gasteiger partial charge < -0.3 is 34.3 Å². The van der Waals surface area contributed by atoms with Gasteiger partial charge in [-0.15, -0.1) is 24.0 Å². The number of rotatable bonds is 11. The summed E-state index contributed by atoms with van der Waals surface area (Å²) < 4.78 is 27.3. The van der Waals surface area contributed by atoms with Crippen molar-refractivity contribution in [2.45, 2.75) is 25.4 Å². The number of nitrogens with one attached hydrogen (secondary N) is 2. The van der Waals surface area contributed by atoms with Crippen LogP contribution in [0.2, 0.25) is 0 Å². The third-order valence-electron chi connectivity index (χ3n) is 4.56. The van der Waals surface area contributed by atoms with Crippen LogP contribution in [0, 0.1) is 0 Å². The minimum atomic E-state index is 0. The molecular formula is C20H34IN3O5. The van der Waals surface area contributed by atoms with E-state index in [9.17, 15) is 0 Å². The van der Waals surface area contributed by atoms with Gasteiger partial charge in [0.15, 0.2) is 5.96 Å². The third-order valence-corrected chi connectivity index (χ3v) is 4.56. The van der Waals surface area contributed by atoms with Gasteiger partial charge in [-0.1, -0.05) is 0 Å². The normalized spacial score (nSPS) is 16.1. The fraction of sp³-hybridized carbons (Fsp3) is 0.650. The molecule has 0 aliphatic carbocycles. The second kappa shape index (κ2) is 14.5. The van der Waals surface area contributed by atoms with E-state index in [2.05, 4.69) is 15.6 Å². The van der Waals surface area contributed by atoms with Gasteiger partial charge in [0.25, 0.3) is 0 Å². The maximum atomic E-state index is 5.76. The molecule has 0 amide bonds. The summed E-state index contributed by atoms with van der Waals surface area (Å²) in [4.78, 5) is 4.26. The molecule has 8 nitrogen and oxygen atoms in total. The minimum absolute atomic E-state index is 0. The average molecular weight is 523 g/mol. The van der Waals surface area contributed by atoms with Crippen molar-refractivity contribution in [3.05, 3.63) is 17.7 Å². The number of nitrogens with zero attached hydrogens (tertiary/aromatic N) is 1. The first kappa shape index (κ1) is 25.6. The Morgan fingerprint density at radius 3 is 2.34 bits per heavy atom. The predicted octanol–water partition coefficient (Wildman–Crippen LogP) is 2.23. The molecule has 1 fully saturated rings. The zero-order chi connectivity index (χ0) is 20.2. The molecule has 1 atom stereocenters. The highest BCUT2D eigenvalue weighted by Gasteiger charge is 2.15. The standard InChI is InChI=1S/C20H33N3O5.HI/c1-21-20(22-8-5-10-28-15-7-11-27-14-15)23-9-6-17-18(25-3)12-16(24-2)13-19(17)26-4;/h12-13,15H,5-11,14H2,1-4H3,(H2,21,22,23);1H. The second-order valence-electron chi connectivity index (χ2n) is 6.40. The Morgan fingerprint density at radius 1 is 1.10 bits per heavy atom. The van der Waals surface area contributed by atoms with Crippen molar-refractivity contribution in [3.8, 4) is 17.2 Å². The van der Waals surface area contributed by atoms with Gasteiger partial charge in [0.1, 0.15) is 17.2 Å². The third kappa shape index (κ3) is 8.43. The fourth-order valence-corrected chi connectivity index (χ4v) is 3.02. The monoisotopic (exact) mass is 523 g/mol. The Morgan fingerprint density at radius 2 is 1.79 bits per heavy atom. The molecule has 1 heterocycles. The summed E-state index contributed by atoms with van der Waals surface area (Å²) in [5.41, 5.74) is 0.987. The lowest BCUT2D eigenvalue weighted by molar-refractivity contribution is 0.0420. The minimum Gasteiger partial charge on any atom is -0.496 e. The van der Waals surface area contributed by atoms with Gasteiger partial charge >= 0.3 is 0 Å². The fourth-order valence-electron chi connectivity index (χ4n) is 3.02. The van der Waals surface area contributed by atoms with Crippen LogP contribution in [0.15, 0.2) is 17.1 Å². The molecule has 0 spiro atoms. The van der Waals surface area contributed by atoms with Crippen molar-refractivity contribution in [2.24, 2.45) is 4.99 Å². The second-order valence-corrected chi connectivity index (χ2v) is 6.40. The summed E-state index contributed by atoms with van der Waals surface area (Å²) in [6.07, 6.45) is 2.89. The van der Waals surface area contributed by atoms with E-state index in [1.807, 2.05) is 12.1 Å². The van der Waals surface area contributed by atoms with Crippen LogP contribution < -0.4 is 24.8 Å². The topological polar surface area (TPSA) is 82.6 Å². The molecule has 2 rings (SSSR count). The van der Waals surface area contributed by atoms with Gasteiger partial charge in [-0.05, 0) is 19.3 Å². The predicted molar refractivity (Wildman–Crippen MR) is 124 cm³/mol. The van der Waals surface area contributed by atoms with Gasteiger partial charge in [-0.25, -0.2) is 0 Å². The van der Waals surface area contributed by atoms with Crippen LogP contribution in [-0.4, -0.2) is 73.4 Å². The van der Waals surface area contributed by atoms with Crippen molar-refractivity contribution in [1.29, 1.82) is 0 Å². The molecule has 1 saturated heterocycles. The quantitative estimate of drug-likeness (QED) is 0.199. The van der Waals surface area contributed by atoms with Crippen LogP contribution in [-0.2, 0) is 15.9 Å². The molecular weight excluding hydrogens is 489 g/mol. The van der Waals surface area contributed by atoms with E-state index in [1.54, 1.807) is 28.4 Å². The van der Waals surface area contributed by atoms with Crippen molar-refractivity contribution in [2.75, 3.05) is 61.3 Å². The van der Waals surface area contributed by atoms with Crippen LogP contribution in [0.25, 0.3) is 0 Å². The number of methoxy groups -OCH3 is 3. The van der Waals surface area contributed by atoms with E-state index in [-0.39, 0.29) is 30.1 Å². The van der Waals surface area contributed by atoms with Gasteiger partial charge in [0.05, 0.1) is 34.0 Å². The summed E-state index contributed by atoms with van der Waals surface area (Å²) in [6, 6.07) is 3.72. The molecule has 0 saturated carbocycles. The van der Waals surface area contributed by atoms with E-state index in [1.165, 1.54) is 0 Å². The molecule has 1 aliphatic heterocycles. The first-order valence-electron chi connectivity index (χ1n) is 9.64. The Kier molecular flexibility index (Phi) is 12.8. The van der Waals surface area contributed by atoms with Gasteiger partial charge in [-0.3, -0.25) is 4.99 Å². The van der Waals surface area contributed by atoms with Crippen LogP contribution >= 0.6 is 24.0 Å². The number of aliphatic imine (C=N–C) groups is 1. The molecule has 0 radical (unpaired) electrons. The summed E-state index contributed by atoms with van der Waals surface area (Å²) in [6.45, 7) is 3.73. The van der Waals surface area contributed by atoms with Crippen molar-refractivity contribution in [3.63, 3.8) is 0 Å². The maximum Gasteiger partial charge on any atom is 0.190 e. The van der Waals surface area contributed by atoms with Crippen molar-refractivity contribution < 1.29 is 23.7 Å². The van der Waals surface area contributed by atoms with Crippen LogP contribution in [0.1, 0.15) is 18.4 Å². The maximum absolute atomic E-state index is 5.76. The number of guanidine groups is 1. The molecule has 1 aromatic rings. The van der Waals surface area contributed by atoms with E-state index in [0.29, 0.717) is 12.3 Å². The lowest BCUT2D eigenvalue weighted by Gasteiger charge is -2.16. The Hall–Kier alpha value is -1.46. The molecule has 0 bridgehead atoms. The van der Waals surface area contributed by atoms with E-state index >= 15 is 0 Å². The first-order valence-corrected chi connectivity index (χ1v) is 9.64. The SMILES string of the molecule is CN=C(NCCCOC1CCOC1)NCCc1c(OC)cc(OC)cc1OC.I. The zero-order valence-electron chi connectivity index (χ0n) is 17.8. The van der Waals surface area contributed by atoms with Crippen LogP contribution in [0.3, 0.4) is 0 Å². The van der Waals surface area contributed by atoms with E-state index < -0.39 is 0 Å². The highest BCUT2D eigenvalue weighted by molar-refractivity contribution is 14.0. The molecule has 2 N–H and O–H groups in total. The molecule has 166 valence electrons. The zero-order valence-corrected chi connectivity index (χ0v) is 20.1. The summed E-state index contributed by atoms with van der Waals surface area (Å²) in [5, 5.41) is 6.62. The number of ether oxygens (including phenoxy) is 5. The Labute approximate surface area is 190 Å². The molecule has 29 heavy (non-hydrogen) atoms. The lowest BCUT2D eigenvalue weighted by atomic mass is 10.1. The van der Waals surface area contributed by atoms with Crippen molar-refractivity contribution >= 4 is 29.9 Å². The van der Waals surface area contributed by atoms with Gasteiger partial charge in [0.2, 0.25) is 0 Å². The highest BCUT2D eigenvalue weighted by atomic mass is 127. The van der Waals surface area contributed by atoms with Gasteiger partial charge in [0, 0.05) is 51.0 Å². The first-order chi connectivity index (χ1) is 13.7. The largest absolute Gasteiger partial charge is 0.496 e.